The Labute approximate surface area is 122 Å². The monoisotopic (exact) mass is 276 g/mol. The van der Waals surface area contributed by atoms with Gasteiger partial charge < -0.3 is 10.6 Å². The standard InChI is InChI=1S/C16H28N4/c1-11(2)20-16(15(17)12(3)18-20)19-10-6-8-13-7-4-5-9-14(13)19/h11,13-14H,4-10,17H2,1-3H3/t13-,14-/m1/s1. The maximum absolute atomic E-state index is 6.37. The second-order valence-corrected chi connectivity index (χ2v) is 6.81. The van der Waals surface area contributed by atoms with E-state index in [0.29, 0.717) is 12.1 Å². The predicted molar refractivity (Wildman–Crippen MR) is 84.1 cm³/mol. The summed E-state index contributed by atoms with van der Waals surface area (Å²) in [5.74, 6) is 2.06. The first kappa shape index (κ1) is 13.8. The van der Waals surface area contributed by atoms with Gasteiger partial charge in [-0.25, -0.2) is 4.68 Å². The molecule has 20 heavy (non-hydrogen) atoms. The van der Waals surface area contributed by atoms with E-state index in [1.165, 1.54) is 44.3 Å². The van der Waals surface area contributed by atoms with Crippen LogP contribution in [0.5, 0.6) is 0 Å². The average molecular weight is 276 g/mol. The third-order valence-corrected chi connectivity index (χ3v) is 5.11. The minimum Gasteiger partial charge on any atom is -0.394 e. The van der Waals surface area contributed by atoms with E-state index >= 15 is 0 Å². The van der Waals surface area contributed by atoms with Crippen molar-refractivity contribution in [3.05, 3.63) is 5.69 Å². The van der Waals surface area contributed by atoms with Gasteiger partial charge in [0.05, 0.1) is 11.4 Å². The molecular formula is C16H28N4. The van der Waals surface area contributed by atoms with Crippen molar-refractivity contribution in [3.8, 4) is 0 Å². The number of aryl methyl sites for hydroxylation is 1. The van der Waals surface area contributed by atoms with Crippen molar-refractivity contribution in [2.24, 2.45) is 5.92 Å². The van der Waals surface area contributed by atoms with Crippen molar-refractivity contribution in [1.82, 2.24) is 9.78 Å². The lowest BCUT2D eigenvalue weighted by atomic mass is 9.78. The van der Waals surface area contributed by atoms with Crippen molar-refractivity contribution in [1.29, 1.82) is 0 Å². The highest BCUT2D eigenvalue weighted by atomic mass is 15.4. The third kappa shape index (κ3) is 2.19. The largest absolute Gasteiger partial charge is 0.394 e. The second-order valence-electron chi connectivity index (χ2n) is 6.81. The normalized spacial score (nSPS) is 26.9. The molecule has 0 bridgehead atoms. The summed E-state index contributed by atoms with van der Waals surface area (Å²) in [7, 11) is 0. The Morgan fingerprint density at radius 2 is 1.85 bits per heavy atom. The van der Waals surface area contributed by atoms with E-state index < -0.39 is 0 Å². The molecule has 0 aromatic carbocycles. The van der Waals surface area contributed by atoms with E-state index in [1.54, 1.807) is 0 Å². The van der Waals surface area contributed by atoms with Gasteiger partial charge in [0.2, 0.25) is 0 Å². The molecule has 3 rings (SSSR count). The van der Waals surface area contributed by atoms with Crippen LogP contribution in [0.2, 0.25) is 0 Å². The maximum atomic E-state index is 6.37. The number of nitrogens with zero attached hydrogens (tertiary/aromatic N) is 3. The number of aromatic nitrogens is 2. The molecule has 2 heterocycles. The minimum atomic E-state index is 0.366. The number of nitrogen functional groups attached to an aromatic ring is 1. The van der Waals surface area contributed by atoms with Gasteiger partial charge in [-0.1, -0.05) is 12.8 Å². The Hall–Kier alpha value is -1.19. The fourth-order valence-electron chi connectivity index (χ4n) is 4.08. The fourth-order valence-corrected chi connectivity index (χ4v) is 4.08. The summed E-state index contributed by atoms with van der Waals surface area (Å²) in [5.41, 5.74) is 8.24. The molecule has 1 saturated carbocycles. The molecular weight excluding hydrogens is 248 g/mol. The van der Waals surface area contributed by atoms with Crippen molar-refractivity contribution >= 4 is 11.5 Å². The van der Waals surface area contributed by atoms with Gasteiger partial charge in [-0.15, -0.1) is 0 Å². The SMILES string of the molecule is Cc1nn(C(C)C)c(N2CCC[C@H]3CCCC[C@H]32)c1N. The topological polar surface area (TPSA) is 47.1 Å². The predicted octanol–water partition coefficient (Wildman–Crippen LogP) is 3.51. The van der Waals surface area contributed by atoms with Gasteiger partial charge in [-0.05, 0) is 52.4 Å². The number of rotatable bonds is 2. The highest BCUT2D eigenvalue weighted by Crippen LogP contribution is 2.40. The van der Waals surface area contributed by atoms with Gasteiger partial charge in [0.15, 0.2) is 5.82 Å². The second kappa shape index (κ2) is 5.30. The lowest BCUT2D eigenvalue weighted by Gasteiger charge is -2.45. The van der Waals surface area contributed by atoms with Crippen LogP contribution in [0.3, 0.4) is 0 Å². The van der Waals surface area contributed by atoms with Gasteiger partial charge in [0.25, 0.3) is 0 Å². The Morgan fingerprint density at radius 1 is 1.15 bits per heavy atom. The summed E-state index contributed by atoms with van der Waals surface area (Å²) in [4.78, 5) is 2.59. The van der Waals surface area contributed by atoms with Crippen LogP contribution in [0.4, 0.5) is 11.5 Å². The highest BCUT2D eigenvalue weighted by molar-refractivity contribution is 5.67. The summed E-state index contributed by atoms with van der Waals surface area (Å²) in [6.45, 7) is 7.55. The van der Waals surface area contributed by atoms with Gasteiger partial charge in [0.1, 0.15) is 0 Å². The van der Waals surface area contributed by atoms with Gasteiger partial charge >= 0.3 is 0 Å². The first-order chi connectivity index (χ1) is 9.59. The number of nitrogens with two attached hydrogens (primary N) is 1. The molecule has 1 aromatic rings. The molecule has 1 saturated heterocycles. The quantitative estimate of drug-likeness (QED) is 0.899. The van der Waals surface area contributed by atoms with Crippen LogP contribution in [0.25, 0.3) is 0 Å². The van der Waals surface area contributed by atoms with Crippen LogP contribution < -0.4 is 10.6 Å². The van der Waals surface area contributed by atoms with Crippen LogP contribution in [-0.2, 0) is 0 Å². The highest BCUT2D eigenvalue weighted by Gasteiger charge is 2.36. The summed E-state index contributed by atoms with van der Waals surface area (Å²) < 4.78 is 2.14. The van der Waals surface area contributed by atoms with Crippen molar-refractivity contribution in [2.75, 3.05) is 17.2 Å². The van der Waals surface area contributed by atoms with Gasteiger partial charge in [0, 0.05) is 18.6 Å². The first-order valence-corrected chi connectivity index (χ1v) is 8.20. The zero-order chi connectivity index (χ0) is 14.3. The molecule has 4 heteroatoms. The Morgan fingerprint density at radius 3 is 2.60 bits per heavy atom. The molecule has 1 aliphatic heterocycles. The van der Waals surface area contributed by atoms with E-state index in [0.717, 1.165) is 23.8 Å². The van der Waals surface area contributed by atoms with Crippen molar-refractivity contribution in [2.45, 2.75) is 71.4 Å². The van der Waals surface area contributed by atoms with Gasteiger partial charge in [-0.2, -0.15) is 5.10 Å². The molecule has 2 fully saturated rings. The van der Waals surface area contributed by atoms with E-state index in [4.69, 9.17) is 5.73 Å². The fraction of sp³-hybridized carbons (Fsp3) is 0.812. The molecule has 0 spiro atoms. The summed E-state index contributed by atoms with van der Waals surface area (Å²) in [6.07, 6.45) is 8.19. The first-order valence-electron chi connectivity index (χ1n) is 8.20. The number of anilines is 2. The summed E-state index contributed by atoms with van der Waals surface area (Å²) >= 11 is 0. The van der Waals surface area contributed by atoms with E-state index in [2.05, 4.69) is 28.5 Å². The van der Waals surface area contributed by atoms with Crippen LogP contribution in [0, 0.1) is 12.8 Å². The zero-order valence-electron chi connectivity index (χ0n) is 13.1. The van der Waals surface area contributed by atoms with E-state index in [1.807, 2.05) is 6.92 Å². The van der Waals surface area contributed by atoms with E-state index in [9.17, 15) is 0 Å². The molecule has 0 amide bonds. The van der Waals surface area contributed by atoms with Crippen LogP contribution >= 0.6 is 0 Å². The number of fused-ring (bicyclic) bond motifs is 1. The summed E-state index contributed by atoms with van der Waals surface area (Å²) in [5, 5.41) is 4.67. The van der Waals surface area contributed by atoms with Crippen LogP contribution in [0.15, 0.2) is 0 Å². The van der Waals surface area contributed by atoms with Crippen LogP contribution in [-0.4, -0.2) is 22.4 Å². The molecule has 0 unspecified atom stereocenters. The number of hydrogen-bond acceptors (Lipinski definition) is 3. The molecule has 112 valence electrons. The Balaban J connectivity index is 1.98. The van der Waals surface area contributed by atoms with Crippen LogP contribution in [0.1, 0.15) is 64.1 Å². The molecule has 2 atom stereocenters. The molecule has 2 aliphatic rings. The summed E-state index contributed by atoms with van der Waals surface area (Å²) in [6, 6.07) is 1.05. The minimum absolute atomic E-state index is 0.366. The lowest BCUT2D eigenvalue weighted by Crippen LogP contribution is -2.48. The maximum Gasteiger partial charge on any atom is 0.151 e. The number of hydrogen-bond donors (Lipinski definition) is 1. The van der Waals surface area contributed by atoms with Crippen molar-refractivity contribution < 1.29 is 0 Å². The molecule has 1 aliphatic carbocycles. The lowest BCUT2D eigenvalue weighted by molar-refractivity contribution is 0.240. The molecule has 1 aromatic heterocycles. The number of piperidine rings is 1. The Kier molecular flexibility index (Phi) is 3.65. The third-order valence-electron chi connectivity index (χ3n) is 5.11. The smallest absolute Gasteiger partial charge is 0.151 e. The Bertz CT molecular complexity index is 475. The van der Waals surface area contributed by atoms with Crippen molar-refractivity contribution in [3.63, 3.8) is 0 Å². The van der Waals surface area contributed by atoms with Gasteiger partial charge in [-0.3, -0.25) is 0 Å². The molecule has 2 N–H and O–H groups in total. The van der Waals surface area contributed by atoms with E-state index in [-0.39, 0.29) is 0 Å². The zero-order valence-corrected chi connectivity index (χ0v) is 13.1. The average Bonchev–Trinajstić information content (AvgIpc) is 2.75. The molecule has 4 nitrogen and oxygen atoms in total. The molecule has 0 radical (unpaired) electrons.